The Hall–Kier alpha value is -9.70. The highest BCUT2D eigenvalue weighted by Crippen LogP contribution is 2.41. The topological polar surface area (TPSA) is 289 Å². The maximum Gasteiger partial charge on any atom is 0.490 e. The van der Waals surface area contributed by atoms with Crippen molar-refractivity contribution in [3.8, 4) is 45.4 Å². The lowest BCUT2D eigenvalue weighted by molar-refractivity contribution is -0.192. The van der Waals surface area contributed by atoms with E-state index in [1.807, 2.05) is 97.2 Å². The summed E-state index contributed by atoms with van der Waals surface area (Å²) in [5.74, 6) is -2.39. The number of phenolic OH excluding ortho intramolecular Hbond substituents is 1. The van der Waals surface area contributed by atoms with E-state index in [1.54, 1.807) is 46.8 Å². The Labute approximate surface area is 494 Å². The number of amides is 1. The highest BCUT2D eigenvalue weighted by atomic mass is 32.2. The molecule has 6 N–H and O–H groups in total. The smallest absolute Gasteiger partial charge is 0.490 e. The number of carboxylic acids is 1. The van der Waals surface area contributed by atoms with Gasteiger partial charge in [-0.1, -0.05) is 58.6 Å². The summed E-state index contributed by atoms with van der Waals surface area (Å²) in [6.45, 7) is 7.07. The highest BCUT2D eigenvalue weighted by Gasteiger charge is 2.38. The number of nitrogens with zero attached hydrogens (tertiary/aromatic N) is 8. The number of allylic oxidation sites excluding steroid dienone is 1. The summed E-state index contributed by atoms with van der Waals surface area (Å²) in [7, 11) is 0. The maximum atomic E-state index is 14.0. The number of benzene rings is 5. The number of aliphatic carboxylic acids is 1. The van der Waals surface area contributed by atoms with Crippen LogP contribution in [-0.2, 0) is 33.3 Å². The number of Topliss-reactive ketones (excluding diaryl/α,β-unsaturated/α-hetero) is 1. The lowest BCUT2D eigenvalue weighted by Crippen LogP contribution is -2.28. The number of esters is 1. The van der Waals surface area contributed by atoms with E-state index in [2.05, 4.69) is 51.9 Å². The van der Waals surface area contributed by atoms with Gasteiger partial charge in [-0.05, 0) is 97.4 Å². The van der Waals surface area contributed by atoms with Gasteiger partial charge in [0.1, 0.15) is 35.2 Å². The minimum atomic E-state index is -5.08. The predicted octanol–water partition coefficient (Wildman–Crippen LogP) is 6.62. The van der Waals surface area contributed by atoms with Crippen LogP contribution in [0.5, 0.6) is 11.5 Å². The minimum absolute atomic E-state index is 0.0733. The zero-order valence-corrected chi connectivity index (χ0v) is 46.9. The number of alkyl halides is 3. The lowest BCUT2D eigenvalue weighted by Gasteiger charge is -2.11. The standard InChI is InChI=1S/C57H56N12O9S.C2HF3O2/c1-2-77-57(73)51-52(71)50(79-56(51)63-41-6-4-3-5-7-41)33-37-8-19-49(48(70)32-37)78-31-30-76-29-28-75-27-26-74-25-24-62-55(72)45-34-40(46-35-68(66-64-46)42-14-9-38(10-15-42)53-58-20-21-59-53)13-18-44(45)47-36-69(67-65-47)43-16-11-39(12-17-43)54-60-22-23-61-54;3-2(4,5)1(6)7/h3-19,32-36,63,70H,2,20-31H2,1H3,(H,58,59)(H,60,61)(H,62,72);(H,6,7)/b50-33-;. The van der Waals surface area contributed by atoms with Gasteiger partial charge in [-0.25, -0.2) is 19.0 Å². The Morgan fingerprint density at radius 3 is 1.86 bits per heavy atom. The Bertz CT molecular complexity index is 3670. The first-order chi connectivity index (χ1) is 41.7. The quantitative estimate of drug-likeness (QED) is 0.0152. The van der Waals surface area contributed by atoms with Crippen molar-refractivity contribution < 1.29 is 66.2 Å². The van der Waals surface area contributed by atoms with Gasteiger partial charge >= 0.3 is 18.1 Å². The number of para-hydroxylation sites is 1. The fourth-order valence-corrected chi connectivity index (χ4v) is 9.57. The van der Waals surface area contributed by atoms with Gasteiger partial charge in [0.2, 0.25) is 5.78 Å². The fraction of sp³-hybridized carbons (Fsp3) is 0.254. The molecular weight excluding hydrogens is 1140 g/mol. The van der Waals surface area contributed by atoms with E-state index in [0.717, 1.165) is 72.1 Å². The van der Waals surface area contributed by atoms with Crippen molar-refractivity contribution in [3.05, 3.63) is 165 Å². The van der Waals surface area contributed by atoms with Gasteiger partial charge in [0.15, 0.2) is 11.5 Å². The molecule has 5 heterocycles. The molecule has 0 saturated carbocycles. The second-order valence-electron chi connectivity index (χ2n) is 18.6. The van der Waals surface area contributed by atoms with E-state index in [1.165, 1.54) is 6.07 Å². The Morgan fingerprint density at radius 2 is 1.29 bits per heavy atom. The van der Waals surface area contributed by atoms with E-state index < -0.39 is 23.9 Å². The molecule has 27 heteroatoms. The maximum absolute atomic E-state index is 14.0. The molecule has 446 valence electrons. The Morgan fingerprint density at radius 1 is 0.721 bits per heavy atom. The number of phenols is 1. The minimum Gasteiger partial charge on any atom is -0.504 e. The summed E-state index contributed by atoms with van der Waals surface area (Å²) in [5.41, 5.74) is 7.53. The molecular formula is C59H57F3N12O11S. The second-order valence-corrected chi connectivity index (χ2v) is 19.6. The van der Waals surface area contributed by atoms with E-state index in [0.29, 0.717) is 75.7 Å². The summed E-state index contributed by atoms with van der Waals surface area (Å²) < 4.78 is 63.1. The molecule has 0 atom stereocenters. The van der Waals surface area contributed by atoms with Crippen LogP contribution in [0, 0.1) is 0 Å². The third-order valence-electron chi connectivity index (χ3n) is 12.7. The number of nitrogens with one attached hydrogen (secondary N) is 4. The van der Waals surface area contributed by atoms with Gasteiger partial charge in [0, 0.05) is 53.1 Å². The first-order valence-electron chi connectivity index (χ1n) is 26.9. The number of hydrogen-bond acceptors (Lipinski definition) is 20. The monoisotopic (exact) mass is 1200 g/mol. The molecule has 86 heavy (non-hydrogen) atoms. The van der Waals surface area contributed by atoms with E-state index in [-0.39, 0.29) is 56.0 Å². The highest BCUT2D eigenvalue weighted by molar-refractivity contribution is 8.08. The molecule has 0 radical (unpaired) electrons. The van der Waals surface area contributed by atoms with Crippen LogP contribution in [0.15, 0.2) is 153 Å². The van der Waals surface area contributed by atoms with Crippen molar-refractivity contribution in [1.29, 1.82) is 0 Å². The number of anilines is 1. The number of ketones is 1. The molecule has 0 aliphatic carbocycles. The van der Waals surface area contributed by atoms with Gasteiger partial charge < -0.3 is 55.2 Å². The number of ether oxygens (including phenoxy) is 5. The largest absolute Gasteiger partial charge is 0.504 e. The third-order valence-corrected chi connectivity index (χ3v) is 13.7. The first-order valence-corrected chi connectivity index (χ1v) is 27.8. The van der Waals surface area contributed by atoms with Crippen LogP contribution in [0.25, 0.3) is 40.0 Å². The van der Waals surface area contributed by atoms with Gasteiger partial charge in [-0.3, -0.25) is 19.6 Å². The van der Waals surface area contributed by atoms with Crippen LogP contribution in [0.2, 0.25) is 0 Å². The number of rotatable bonds is 25. The number of halogens is 3. The number of aromatic nitrogens is 6. The number of amidine groups is 2. The number of carbonyl (C=O) groups is 4. The normalized spacial score (nSPS) is 14.2. The van der Waals surface area contributed by atoms with Gasteiger partial charge in [0.05, 0.1) is 93.0 Å². The molecule has 23 nitrogen and oxygen atoms in total. The van der Waals surface area contributed by atoms with Crippen molar-refractivity contribution in [2.24, 2.45) is 9.98 Å². The van der Waals surface area contributed by atoms with Crippen LogP contribution in [-0.4, -0.2) is 167 Å². The molecule has 2 aromatic heterocycles. The van der Waals surface area contributed by atoms with Crippen molar-refractivity contribution >= 4 is 58.8 Å². The zero-order valence-electron chi connectivity index (χ0n) is 46.1. The van der Waals surface area contributed by atoms with E-state index >= 15 is 0 Å². The van der Waals surface area contributed by atoms with E-state index in [9.17, 15) is 32.7 Å². The molecule has 0 fully saturated rings. The lowest BCUT2D eigenvalue weighted by atomic mass is 9.99. The number of carboxylic acid groups (broad SMARTS) is 1. The Kier molecular flexibility index (Phi) is 20.7. The van der Waals surface area contributed by atoms with Crippen molar-refractivity contribution in [2.45, 2.75) is 13.1 Å². The molecule has 3 aliphatic rings. The third kappa shape index (κ3) is 16.1. The summed E-state index contributed by atoms with van der Waals surface area (Å²) in [4.78, 5) is 58.3. The molecule has 5 aromatic carbocycles. The van der Waals surface area contributed by atoms with Crippen molar-refractivity contribution in [3.63, 3.8) is 0 Å². The van der Waals surface area contributed by atoms with Crippen molar-refractivity contribution in [1.82, 2.24) is 45.9 Å². The molecule has 0 unspecified atom stereocenters. The van der Waals surface area contributed by atoms with Gasteiger partial charge in [-0.2, -0.15) is 13.2 Å². The summed E-state index contributed by atoms with van der Waals surface area (Å²) in [6.07, 6.45) is 0.130. The average Bonchev–Trinajstić information content (AvgIpc) is 3.56. The first kappa shape index (κ1) is 60.9. The van der Waals surface area contributed by atoms with Gasteiger partial charge in [0.25, 0.3) is 5.91 Å². The summed E-state index contributed by atoms with van der Waals surface area (Å²) in [6, 6.07) is 35.3. The van der Waals surface area contributed by atoms with E-state index in [4.69, 9.17) is 33.6 Å². The molecule has 1 amide bonds. The molecule has 0 bridgehead atoms. The zero-order chi connectivity index (χ0) is 60.4. The number of aromatic hydroxyl groups is 1. The van der Waals surface area contributed by atoms with Crippen LogP contribution in [0.3, 0.4) is 0 Å². The van der Waals surface area contributed by atoms with Crippen LogP contribution < -0.4 is 26.0 Å². The average molecular weight is 1200 g/mol. The fourth-order valence-electron chi connectivity index (χ4n) is 8.52. The Balaban J connectivity index is 0.00000119. The molecule has 0 spiro atoms. The van der Waals surface area contributed by atoms with Crippen LogP contribution in [0.1, 0.15) is 34.0 Å². The molecule has 7 aromatic rings. The van der Waals surface area contributed by atoms with Crippen LogP contribution in [0.4, 0.5) is 18.9 Å². The second kappa shape index (κ2) is 29.2. The summed E-state index contributed by atoms with van der Waals surface area (Å²) >= 11 is 1.12. The number of thioether (sulfide) groups is 1. The number of hydrogen-bond donors (Lipinski definition) is 6. The number of carbonyl (C=O) groups excluding carboxylic acids is 3. The van der Waals surface area contributed by atoms with Crippen LogP contribution >= 0.6 is 11.8 Å². The summed E-state index contributed by atoms with van der Waals surface area (Å²) in [5, 5.41) is 48.6. The predicted molar refractivity (Wildman–Crippen MR) is 312 cm³/mol. The molecule has 3 aliphatic heterocycles. The van der Waals surface area contributed by atoms with Gasteiger partial charge in [-0.15, -0.1) is 10.2 Å². The van der Waals surface area contributed by atoms with Crippen molar-refractivity contribution in [2.75, 3.05) is 90.9 Å². The molecule has 10 rings (SSSR count). The molecule has 0 saturated heterocycles. The SMILES string of the molecule is CCOC(=O)C1=C(Nc2ccccc2)S/C(=C\c2ccc(OCCOCCOCCOCCNC(=O)c3cc(-c4cn(-c5ccc(C6=NCCN6)cc5)nn4)ccc3-c3cn(-c4ccc(C5=NCCN5)cc4)nn3)c(O)c2)C1=O.O=C(O)C(F)(F)F. The number of aliphatic imine (C=N–C) groups is 2.